The maximum Gasteiger partial charge on any atom is 0.259 e. The third kappa shape index (κ3) is 2.32. The number of morpholine rings is 1. The van der Waals surface area contributed by atoms with Crippen molar-refractivity contribution in [3.63, 3.8) is 0 Å². The minimum absolute atomic E-state index is 0.0777. The molecular formula is C12H10N2O3. The van der Waals surface area contributed by atoms with Crippen LogP contribution in [0.1, 0.15) is 5.56 Å². The lowest BCUT2D eigenvalue weighted by Crippen LogP contribution is -2.46. The molecule has 1 saturated heterocycles. The molecule has 1 aliphatic heterocycles. The summed E-state index contributed by atoms with van der Waals surface area (Å²) in [5, 5.41) is 8.54. The van der Waals surface area contributed by atoms with Gasteiger partial charge in [-0.15, -0.1) is 0 Å². The standard InChI is InChI=1S/C12H10N2O3/c13-6-5-9-1-3-10(4-2-9)14-11(15)7-17-8-12(14)16/h1-4H,5,7-8H2. The van der Waals surface area contributed by atoms with Crippen LogP contribution in [0.4, 0.5) is 5.69 Å². The normalized spacial score (nSPS) is 15.8. The van der Waals surface area contributed by atoms with E-state index in [1.54, 1.807) is 24.3 Å². The molecule has 2 amide bonds. The summed E-state index contributed by atoms with van der Waals surface area (Å²) in [4.78, 5) is 24.2. The van der Waals surface area contributed by atoms with Crippen molar-refractivity contribution >= 4 is 17.5 Å². The van der Waals surface area contributed by atoms with Crippen LogP contribution in [0, 0.1) is 11.3 Å². The Balaban J connectivity index is 2.24. The Morgan fingerprint density at radius 1 is 1.18 bits per heavy atom. The van der Waals surface area contributed by atoms with E-state index in [0.29, 0.717) is 12.1 Å². The van der Waals surface area contributed by atoms with Crippen LogP contribution >= 0.6 is 0 Å². The van der Waals surface area contributed by atoms with Gasteiger partial charge >= 0.3 is 0 Å². The summed E-state index contributed by atoms with van der Waals surface area (Å²) in [5.74, 6) is -0.733. The third-order valence-electron chi connectivity index (χ3n) is 2.43. The first-order valence-electron chi connectivity index (χ1n) is 5.12. The smallest absolute Gasteiger partial charge is 0.259 e. The molecule has 17 heavy (non-hydrogen) atoms. The maximum absolute atomic E-state index is 11.5. The van der Waals surface area contributed by atoms with Gasteiger partial charge in [-0.2, -0.15) is 5.26 Å². The van der Waals surface area contributed by atoms with Gasteiger partial charge in [0, 0.05) is 0 Å². The molecule has 2 rings (SSSR count). The molecule has 5 heteroatoms. The molecule has 0 N–H and O–H groups in total. The second-order valence-corrected chi connectivity index (χ2v) is 3.62. The number of benzene rings is 1. The Labute approximate surface area is 98.2 Å². The zero-order valence-electron chi connectivity index (χ0n) is 9.05. The van der Waals surface area contributed by atoms with Crippen LogP contribution in [0.15, 0.2) is 24.3 Å². The molecular weight excluding hydrogens is 220 g/mol. The van der Waals surface area contributed by atoms with Gasteiger partial charge in [-0.3, -0.25) is 9.59 Å². The van der Waals surface area contributed by atoms with Crippen molar-refractivity contribution in [1.29, 1.82) is 5.26 Å². The van der Waals surface area contributed by atoms with E-state index < -0.39 is 0 Å². The quantitative estimate of drug-likeness (QED) is 0.699. The number of ether oxygens (including phenoxy) is 1. The molecule has 0 bridgehead atoms. The highest BCUT2D eigenvalue weighted by Crippen LogP contribution is 2.18. The van der Waals surface area contributed by atoms with Crippen LogP contribution in [0.25, 0.3) is 0 Å². The van der Waals surface area contributed by atoms with Crippen LogP contribution in [-0.4, -0.2) is 25.0 Å². The van der Waals surface area contributed by atoms with Crippen molar-refractivity contribution < 1.29 is 14.3 Å². The van der Waals surface area contributed by atoms with E-state index >= 15 is 0 Å². The van der Waals surface area contributed by atoms with Crippen LogP contribution in [0.3, 0.4) is 0 Å². The number of nitrogens with zero attached hydrogens (tertiary/aromatic N) is 2. The second-order valence-electron chi connectivity index (χ2n) is 3.62. The minimum atomic E-state index is -0.366. The lowest BCUT2D eigenvalue weighted by molar-refractivity contribution is -0.138. The maximum atomic E-state index is 11.5. The first-order chi connectivity index (χ1) is 8.22. The molecule has 1 aromatic carbocycles. The van der Waals surface area contributed by atoms with Crippen LogP contribution in [0.2, 0.25) is 0 Å². The molecule has 0 atom stereocenters. The SMILES string of the molecule is N#CCc1ccc(N2C(=O)COCC2=O)cc1. The Bertz CT molecular complexity index is 471. The van der Waals surface area contributed by atoms with E-state index in [1.807, 2.05) is 6.07 Å². The molecule has 5 nitrogen and oxygen atoms in total. The van der Waals surface area contributed by atoms with E-state index in [4.69, 9.17) is 10.00 Å². The number of rotatable bonds is 2. The summed E-state index contributed by atoms with van der Waals surface area (Å²) in [5.41, 5.74) is 1.37. The first kappa shape index (κ1) is 11.3. The number of carbonyl (C=O) groups is 2. The summed E-state index contributed by atoms with van der Waals surface area (Å²) in [6.45, 7) is -0.155. The zero-order valence-corrected chi connectivity index (χ0v) is 9.05. The van der Waals surface area contributed by atoms with Crippen molar-refractivity contribution in [2.75, 3.05) is 18.1 Å². The number of hydrogen-bond donors (Lipinski definition) is 0. The van der Waals surface area contributed by atoms with Gasteiger partial charge in [0.1, 0.15) is 13.2 Å². The number of hydrogen-bond acceptors (Lipinski definition) is 4. The highest BCUT2D eigenvalue weighted by molar-refractivity contribution is 6.16. The van der Waals surface area contributed by atoms with Crippen molar-refractivity contribution in [2.24, 2.45) is 0 Å². The van der Waals surface area contributed by atoms with E-state index in [2.05, 4.69) is 0 Å². The van der Waals surface area contributed by atoms with Crippen LogP contribution in [-0.2, 0) is 20.7 Å². The molecule has 0 aliphatic carbocycles. The topological polar surface area (TPSA) is 70.4 Å². The van der Waals surface area contributed by atoms with Gasteiger partial charge in [0.05, 0.1) is 18.2 Å². The molecule has 0 radical (unpaired) electrons. The van der Waals surface area contributed by atoms with E-state index in [1.165, 1.54) is 0 Å². The fourth-order valence-corrected chi connectivity index (χ4v) is 1.64. The number of carbonyl (C=O) groups excluding carboxylic acids is 2. The Kier molecular flexibility index (Phi) is 3.17. The van der Waals surface area contributed by atoms with Crippen molar-refractivity contribution in [3.8, 4) is 6.07 Å². The van der Waals surface area contributed by atoms with Gasteiger partial charge in [0.2, 0.25) is 0 Å². The Hall–Kier alpha value is -2.19. The fraction of sp³-hybridized carbons (Fsp3) is 0.250. The summed E-state index contributed by atoms with van der Waals surface area (Å²) in [6.07, 6.45) is 0.311. The van der Waals surface area contributed by atoms with Gasteiger partial charge in [0.15, 0.2) is 0 Å². The van der Waals surface area contributed by atoms with Gasteiger partial charge in [-0.1, -0.05) is 12.1 Å². The predicted octanol–water partition coefficient (Wildman–Crippen LogP) is 0.642. The first-order valence-corrected chi connectivity index (χ1v) is 5.12. The Morgan fingerprint density at radius 2 is 1.76 bits per heavy atom. The van der Waals surface area contributed by atoms with Crippen molar-refractivity contribution in [2.45, 2.75) is 6.42 Å². The lowest BCUT2D eigenvalue weighted by atomic mass is 10.1. The summed E-state index contributed by atoms with van der Waals surface area (Å²) in [7, 11) is 0. The van der Waals surface area contributed by atoms with E-state index in [0.717, 1.165) is 10.5 Å². The third-order valence-corrected chi connectivity index (χ3v) is 2.43. The largest absolute Gasteiger partial charge is 0.362 e. The average Bonchev–Trinajstić information content (AvgIpc) is 2.31. The van der Waals surface area contributed by atoms with Crippen LogP contribution in [0.5, 0.6) is 0 Å². The monoisotopic (exact) mass is 230 g/mol. The second kappa shape index (κ2) is 4.76. The summed E-state index contributed by atoms with van der Waals surface area (Å²) < 4.78 is 4.82. The van der Waals surface area contributed by atoms with Gasteiger partial charge < -0.3 is 4.74 Å². The molecule has 1 aromatic rings. The van der Waals surface area contributed by atoms with Gasteiger partial charge in [-0.05, 0) is 17.7 Å². The van der Waals surface area contributed by atoms with Crippen molar-refractivity contribution in [1.82, 2.24) is 0 Å². The molecule has 1 heterocycles. The van der Waals surface area contributed by atoms with E-state index in [9.17, 15) is 9.59 Å². The molecule has 1 aliphatic rings. The minimum Gasteiger partial charge on any atom is -0.362 e. The average molecular weight is 230 g/mol. The molecule has 86 valence electrons. The molecule has 0 spiro atoms. The van der Waals surface area contributed by atoms with Gasteiger partial charge in [0.25, 0.3) is 11.8 Å². The molecule has 0 aromatic heterocycles. The fourth-order valence-electron chi connectivity index (χ4n) is 1.64. The number of anilines is 1. The predicted molar refractivity (Wildman–Crippen MR) is 59.1 cm³/mol. The number of nitriles is 1. The zero-order chi connectivity index (χ0) is 12.3. The highest BCUT2D eigenvalue weighted by atomic mass is 16.5. The highest BCUT2D eigenvalue weighted by Gasteiger charge is 2.27. The number of imide groups is 1. The lowest BCUT2D eigenvalue weighted by Gasteiger charge is -2.24. The summed E-state index contributed by atoms with van der Waals surface area (Å²) in [6, 6.07) is 8.82. The molecule has 0 saturated carbocycles. The Morgan fingerprint density at radius 3 is 2.29 bits per heavy atom. The number of amides is 2. The van der Waals surface area contributed by atoms with Gasteiger partial charge in [-0.25, -0.2) is 4.90 Å². The van der Waals surface area contributed by atoms with E-state index in [-0.39, 0.29) is 25.0 Å². The van der Waals surface area contributed by atoms with Crippen molar-refractivity contribution in [3.05, 3.63) is 29.8 Å². The summed E-state index contributed by atoms with van der Waals surface area (Å²) >= 11 is 0. The molecule has 0 unspecified atom stereocenters. The van der Waals surface area contributed by atoms with Crippen LogP contribution < -0.4 is 4.90 Å². The molecule has 1 fully saturated rings.